The third-order valence-electron chi connectivity index (χ3n) is 5.09. The zero-order chi connectivity index (χ0) is 17.4. The van der Waals surface area contributed by atoms with E-state index in [-0.39, 0.29) is 23.9 Å². The highest BCUT2D eigenvalue weighted by atomic mass is 35.5. The smallest absolute Gasteiger partial charge is 0.255 e. The van der Waals surface area contributed by atoms with Crippen molar-refractivity contribution < 1.29 is 9.59 Å². The molecule has 1 aliphatic carbocycles. The van der Waals surface area contributed by atoms with Gasteiger partial charge in [0.1, 0.15) is 0 Å². The van der Waals surface area contributed by atoms with Crippen LogP contribution in [0.15, 0.2) is 48.8 Å². The van der Waals surface area contributed by atoms with Crippen molar-refractivity contribution in [3.8, 4) is 0 Å². The molecule has 3 atom stereocenters. The first-order chi connectivity index (χ1) is 12.1. The molecule has 1 aromatic heterocycles. The van der Waals surface area contributed by atoms with Crippen molar-refractivity contribution in [2.45, 2.75) is 24.9 Å². The Bertz CT molecular complexity index is 811. The molecule has 1 saturated heterocycles. The molecule has 6 heteroatoms. The number of carbonyl (C=O) groups is 2. The largest absolute Gasteiger partial charge is 0.347 e. The zero-order valence-corrected chi connectivity index (χ0v) is 14.3. The second-order valence-electron chi connectivity index (χ2n) is 6.66. The Balaban J connectivity index is 1.50. The van der Waals surface area contributed by atoms with Crippen LogP contribution in [0.4, 0.5) is 0 Å². The van der Waals surface area contributed by atoms with Gasteiger partial charge < -0.3 is 10.2 Å². The molecule has 2 aliphatic rings. The number of hydrogen-bond acceptors (Lipinski definition) is 3. The third-order valence-corrected chi connectivity index (χ3v) is 5.42. The Kier molecular flexibility index (Phi) is 4.17. The number of likely N-dealkylation sites (tertiary alicyclic amines) is 1. The summed E-state index contributed by atoms with van der Waals surface area (Å²) in [4.78, 5) is 31.1. The molecule has 2 heterocycles. The molecule has 0 radical (unpaired) electrons. The summed E-state index contributed by atoms with van der Waals surface area (Å²) in [5, 5.41) is 3.54. The fraction of sp³-hybridized carbons (Fsp3) is 0.316. The molecule has 1 saturated carbocycles. The van der Waals surface area contributed by atoms with Crippen LogP contribution in [0.1, 0.15) is 33.6 Å². The van der Waals surface area contributed by atoms with Crippen LogP contribution in [0.3, 0.4) is 0 Å². The van der Waals surface area contributed by atoms with Crippen LogP contribution in [-0.4, -0.2) is 40.3 Å². The molecule has 2 bridgehead atoms. The molecule has 128 valence electrons. The van der Waals surface area contributed by atoms with Crippen molar-refractivity contribution >= 4 is 23.4 Å². The molecule has 1 aliphatic heterocycles. The lowest BCUT2D eigenvalue weighted by molar-refractivity contribution is 0.0648. The minimum atomic E-state index is -0.143. The van der Waals surface area contributed by atoms with Gasteiger partial charge in [-0.15, -0.1) is 0 Å². The SMILES string of the molecule is O=C(N[C@H]1C[C@@H]2C[C@H]1N(C(=O)c1ccccc1Cl)C2)c1cccnc1. The summed E-state index contributed by atoms with van der Waals surface area (Å²) in [6.07, 6.45) is 5.02. The predicted molar refractivity (Wildman–Crippen MR) is 94.5 cm³/mol. The monoisotopic (exact) mass is 355 g/mol. The number of pyridine rings is 1. The lowest BCUT2D eigenvalue weighted by Crippen LogP contribution is -2.52. The van der Waals surface area contributed by atoms with Gasteiger partial charge in [0.15, 0.2) is 0 Å². The average Bonchev–Trinajstić information content (AvgIpc) is 3.22. The van der Waals surface area contributed by atoms with Crippen molar-refractivity contribution in [1.82, 2.24) is 15.2 Å². The van der Waals surface area contributed by atoms with Gasteiger partial charge in [0.25, 0.3) is 11.8 Å². The summed E-state index contributed by atoms with van der Waals surface area (Å²) in [5.74, 6) is 0.227. The number of rotatable bonds is 3. The fourth-order valence-electron chi connectivity index (χ4n) is 3.95. The van der Waals surface area contributed by atoms with Gasteiger partial charge in [-0.2, -0.15) is 0 Å². The van der Waals surface area contributed by atoms with Crippen LogP contribution >= 0.6 is 11.6 Å². The minimum Gasteiger partial charge on any atom is -0.347 e. The van der Waals surface area contributed by atoms with Gasteiger partial charge in [-0.3, -0.25) is 14.6 Å². The predicted octanol–water partition coefficient (Wildman–Crippen LogP) is 2.77. The van der Waals surface area contributed by atoms with E-state index in [1.165, 1.54) is 0 Å². The van der Waals surface area contributed by atoms with Crippen LogP contribution in [-0.2, 0) is 0 Å². The number of aromatic nitrogens is 1. The van der Waals surface area contributed by atoms with Crippen LogP contribution < -0.4 is 5.32 Å². The normalized spacial score (nSPS) is 24.4. The van der Waals surface area contributed by atoms with E-state index in [2.05, 4.69) is 10.3 Å². The quantitative estimate of drug-likeness (QED) is 0.920. The summed E-state index contributed by atoms with van der Waals surface area (Å²) in [6, 6.07) is 10.6. The highest BCUT2D eigenvalue weighted by molar-refractivity contribution is 6.33. The molecule has 1 aromatic carbocycles. The van der Waals surface area contributed by atoms with Gasteiger partial charge in [0, 0.05) is 25.0 Å². The Morgan fingerprint density at radius 2 is 2.00 bits per heavy atom. The number of nitrogens with one attached hydrogen (secondary N) is 1. The Hall–Kier alpha value is -2.40. The van der Waals surface area contributed by atoms with E-state index in [1.807, 2.05) is 17.0 Å². The summed E-state index contributed by atoms with van der Waals surface area (Å²) in [6.45, 7) is 0.730. The molecule has 1 N–H and O–H groups in total. The number of halogens is 1. The number of benzene rings is 1. The van der Waals surface area contributed by atoms with Gasteiger partial charge in [-0.25, -0.2) is 0 Å². The molecular formula is C19H18ClN3O2. The number of carbonyl (C=O) groups excluding carboxylic acids is 2. The maximum Gasteiger partial charge on any atom is 0.255 e. The molecule has 2 aromatic rings. The maximum absolute atomic E-state index is 12.9. The lowest BCUT2D eigenvalue weighted by Gasteiger charge is -2.34. The standard InChI is InChI=1S/C19H18ClN3O2/c20-15-6-2-1-5-14(15)19(25)23-11-12-8-16(17(23)9-12)22-18(24)13-4-3-7-21-10-13/h1-7,10,12,16-17H,8-9,11H2,(H,22,24)/t12-,16+,17-/m1/s1. The first-order valence-corrected chi connectivity index (χ1v) is 8.77. The van der Waals surface area contributed by atoms with Crippen molar-refractivity contribution in [3.63, 3.8) is 0 Å². The van der Waals surface area contributed by atoms with E-state index in [0.717, 1.165) is 19.4 Å². The van der Waals surface area contributed by atoms with Crippen LogP contribution in [0, 0.1) is 5.92 Å². The number of hydrogen-bond donors (Lipinski definition) is 1. The van der Waals surface area contributed by atoms with E-state index in [9.17, 15) is 9.59 Å². The van der Waals surface area contributed by atoms with Gasteiger partial charge >= 0.3 is 0 Å². The topological polar surface area (TPSA) is 62.3 Å². The molecule has 0 spiro atoms. The van der Waals surface area contributed by atoms with Crippen LogP contribution in [0.5, 0.6) is 0 Å². The number of piperidine rings is 1. The molecule has 25 heavy (non-hydrogen) atoms. The van der Waals surface area contributed by atoms with Crippen LogP contribution in [0.2, 0.25) is 5.02 Å². The maximum atomic E-state index is 12.9. The van der Waals surface area contributed by atoms with Gasteiger partial charge in [-0.05, 0) is 43.0 Å². The van der Waals surface area contributed by atoms with E-state index in [4.69, 9.17) is 11.6 Å². The Labute approximate surface area is 151 Å². The highest BCUT2D eigenvalue weighted by Crippen LogP contribution is 2.39. The highest BCUT2D eigenvalue weighted by Gasteiger charge is 2.47. The molecule has 5 nitrogen and oxygen atoms in total. The van der Waals surface area contributed by atoms with Gasteiger partial charge in [0.2, 0.25) is 0 Å². The average molecular weight is 356 g/mol. The summed E-state index contributed by atoms with van der Waals surface area (Å²) in [5.41, 5.74) is 1.06. The zero-order valence-electron chi connectivity index (χ0n) is 13.6. The van der Waals surface area contributed by atoms with E-state index in [1.54, 1.807) is 36.7 Å². The molecule has 2 fully saturated rings. The van der Waals surface area contributed by atoms with E-state index < -0.39 is 0 Å². The Morgan fingerprint density at radius 3 is 2.72 bits per heavy atom. The molecule has 4 rings (SSSR count). The lowest BCUT2D eigenvalue weighted by atomic mass is 10.0. The van der Waals surface area contributed by atoms with Crippen molar-refractivity contribution in [2.24, 2.45) is 5.92 Å². The number of amides is 2. The van der Waals surface area contributed by atoms with Gasteiger partial charge in [-0.1, -0.05) is 23.7 Å². The summed E-state index contributed by atoms with van der Waals surface area (Å²) in [7, 11) is 0. The molecule has 2 amide bonds. The second kappa shape index (κ2) is 6.48. The first kappa shape index (κ1) is 16.1. The summed E-state index contributed by atoms with van der Waals surface area (Å²) >= 11 is 6.18. The van der Waals surface area contributed by atoms with Crippen molar-refractivity contribution in [1.29, 1.82) is 0 Å². The summed E-state index contributed by atoms with van der Waals surface area (Å²) < 4.78 is 0. The minimum absolute atomic E-state index is 0.0226. The van der Waals surface area contributed by atoms with Crippen molar-refractivity contribution in [2.75, 3.05) is 6.54 Å². The first-order valence-electron chi connectivity index (χ1n) is 8.40. The second-order valence-corrected chi connectivity index (χ2v) is 7.07. The van der Waals surface area contributed by atoms with E-state index >= 15 is 0 Å². The molecular weight excluding hydrogens is 338 g/mol. The van der Waals surface area contributed by atoms with Crippen LogP contribution in [0.25, 0.3) is 0 Å². The van der Waals surface area contributed by atoms with Gasteiger partial charge in [0.05, 0.1) is 22.2 Å². The number of fused-ring (bicyclic) bond motifs is 2. The number of nitrogens with zero attached hydrogens (tertiary/aromatic N) is 2. The third kappa shape index (κ3) is 3.00. The van der Waals surface area contributed by atoms with E-state index in [0.29, 0.717) is 22.1 Å². The fourth-order valence-corrected chi connectivity index (χ4v) is 4.17. The molecule has 0 unspecified atom stereocenters. The Morgan fingerprint density at radius 1 is 1.16 bits per heavy atom. The van der Waals surface area contributed by atoms with Crippen molar-refractivity contribution in [3.05, 3.63) is 64.9 Å².